The number of imidazole rings is 1. The molecule has 2 heterocycles. The van der Waals surface area contributed by atoms with Gasteiger partial charge in [-0.05, 0) is 32.2 Å². The van der Waals surface area contributed by atoms with Gasteiger partial charge >= 0.3 is 0 Å². The summed E-state index contributed by atoms with van der Waals surface area (Å²) in [7, 11) is 0. The molecule has 7 heteroatoms. The maximum absolute atomic E-state index is 9.53. The van der Waals surface area contributed by atoms with Crippen LogP contribution in [0.1, 0.15) is 32.6 Å². The van der Waals surface area contributed by atoms with Crippen LogP contribution in [0.25, 0.3) is 11.2 Å². The van der Waals surface area contributed by atoms with Crippen LogP contribution in [-0.2, 0) is 0 Å². The highest BCUT2D eigenvalue weighted by Gasteiger charge is 2.36. The minimum Gasteiger partial charge on any atom is -0.341 e. The Kier molecular flexibility index (Phi) is 4.08. The molecule has 0 bridgehead atoms. The van der Waals surface area contributed by atoms with Crippen molar-refractivity contribution in [1.29, 1.82) is 5.26 Å². The Morgan fingerprint density at radius 2 is 2.43 bits per heavy atom. The number of hydrogen-bond acceptors (Lipinski definition) is 6. The molecule has 110 valence electrons. The molecule has 3 rings (SSSR count). The van der Waals surface area contributed by atoms with E-state index in [0.717, 1.165) is 42.8 Å². The molecule has 2 aromatic rings. The van der Waals surface area contributed by atoms with E-state index in [2.05, 4.69) is 38.2 Å². The van der Waals surface area contributed by atoms with Crippen molar-refractivity contribution in [1.82, 2.24) is 25.3 Å². The summed E-state index contributed by atoms with van der Waals surface area (Å²) in [6.07, 6.45) is 7.15. The Labute approximate surface area is 127 Å². The lowest BCUT2D eigenvalue weighted by Gasteiger charge is -2.35. The molecule has 1 fully saturated rings. The second-order valence-electron chi connectivity index (χ2n) is 5.34. The Morgan fingerprint density at radius 1 is 1.52 bits per heavy atom. The monoisotopic (exact) mass is 302 g/mol. The average Bonchev–Trinajstić information content (AvgIpc) is 2.97. The van der Waals surface area contributed by atoms with Crippen molar-refractivity contribution in [2.24, 2.45) is 0 Å². The molecule has 1 saturated carbocycles. The van der Waals surface area contributed by atoms with Gasteiger partial charge in [0.1, 0.15) is 22.4 Å². The zero-order chi connectivity index (χ0) is 14.7. The van der Waals surface area contributed by atoms with Crippen LogP contribution in [0.15, 0.2) is 17.7 Å². The molecule has 21 heavy (non-hydrogen) atoms. The summed E-state index contributed by atoms with van der Waals surface area (Å²) in [5.74, 6) is 0. The molecule has 6 nitrogen and oxygen atoms in total. The first kappa shape index (κ1) is 14.3. The Balaban J connectivity index is 1.79. The largest absolute Gasteiger partial charge is 0.341 e. The number of nitrogens with zero attached hydrogens (tertiary/aromatic N) is 4. The lowest BCUT2D eigenvalue weighted by atomic mass is 9.82. The zero-order valence-corrected chi connectivity index (χ0v) is 12.8. The normalized spacial score (nSPS) is 25.8. The van der Waals surface area contributed by atoms with Crippen LogP contribution in [0.2, 0.25) is 0 Å². The van der Waals surface area contributed by atoms with E-state index in [1.165, 1.54) is 0 Å². The predicted molar refractivity (Wildman–Crippen MR) is 81.8 cm³/mol. The van der Waals surface area contributed by atoms with Gasteiger partial charge in [-0.3, -0.25) is 5.32 Å². The van der Waals surface area contributed by atoms with Gasteiger partial charge in [0.05, 0.1) is 12.4 Å². The van der Waals surface area contributed by atoms with Crippen molar-refractivity contribution in [3.63, 3.8) is 0 Å². The number of H-pyrrole nitrogens is 1. The number of hydrogen-bond donors (Lipinski definition) is 2. The number of nitrogens with one attached hydrogen (secondary N) is 2. The van der Waals surface area contributed by atoms with Crippen LogP contribution < -0.4 is 5.32 Å². The third-order valence-corrected chi connectivity index (χ3v) is 5.17. The molecular formula is C14H18N6S. The highest BCUT2D eigenvalue weighted by molar-refractivity contribution is 8.00. The van der Waals surface area contributed by atoms with Crippen molar-refractivity contribution in [3.05, 3.63) is 12.7 Å². The Bertz CT molecular complexity index is 659. The average molecular weight is 302 g/mol. The fourth-order valence-electron chi connectivity index (χ4n) is 2.96. The quantitative estimate of drug-likeness (QED) is 0.842. The molecule has 2 atom stereocenters. The van der Waals surface area contributed by atoms with Crippen LogP contribution in [0.5, 0.6) is 0 Å². The summed E-state index contributed by atoms with van der Waals surface area (Å²) in [4.78, 5) is 15.8. The van der Waals surface area contributed by atoms with Crippen LogP contribution in [-0.4, -0.2) is 37.3 Å². The van der Waals surface area contributed by atoms with E-state index >= 15 is 0 Å². The molecule has 0 aromatic carbocycles. The van der Waals surface area contributed by atoms with Gasteiger partial charge in [0.25, 0.3) is 0 Å². The third kappa shape index (κ3) is 2.87. The van der Waals surface area contributed by atoms with Gasteiger partial charge in [-0.1, -0.05) is 6.92 Å². The molecule has 2 N–H and O–H groups in total. The first-order valence-electron chi connectivity index (χ1n) is 7.23. The zero-order valence-electron chi connectivity index (χ0n) is 12.0. The van der Waals surface area contributed by atoms with Gasteiger partial charge in [-0.2, -0.15) is 5.26 Å². The lowest BCUT2D eigenvalue weighted by Crippen LogP contribution is -2.48. The molecule has 2 aromatic heterocycles. The Morgan fingerprint density at radius 3 is 3.24 bits per heavy atom. The molecule has 1 aliphatic carbocycles. The van der Waals surface area contributed by atoms with E-state index in [-0.39, 0.29) is 5.54 Å². The SMILES string of the molecule is CCNC1(C#N)CCCC(Sc2ncnc3nc[nH]c23)C1. The highest BCUT2D eigenvalue weighted by Crippen LogP contribution is 2.38. The lowest BCUT2D eigenvalue weighted by molar-refractivity contribution is 0.309. The number of nitriles is 1. The summed E-state index contributed by atoms with van der Waals surface area (Å²) < 4.78 is 0. The molecule has 0 radical (unpaired) electrons. The minimum absolute atomic E-state index is 0.384. The summed E-state index contributed by atoms with van der Waals surface area (Å²) >= 11 is 1.73. The highest BCUT2D eigenvalue weighted by atomic mass is 32.2. The van der Waals surface area contributed by atoms with E-state index < -0.39 is 0 Å². The van der Waals surface area contributed by atoms with Gasteiger partial charge < -0.3 is 4.98 Å². The molecule has 2 unspecified atom stereocenters. The minimum atomic E-state index is -0.384. The number of aromatic amines is 1. The van der Waals surface area contributed by atoms with E-state index in [1.54, 1.807) is 24.4 Å². The van der Waals surface area contributed by atoms with Gasteiger partial charge in [0, 0.05) is 5.25 Å². The Hall–Kier alpha value is -1.65. The van der Waals surface area contributed by atoms with E-state index in [1.807, 2.05) is 0 Å². The predicted octanol–water partition coefficient (Wildman–Crippen LogP) is 2.26. The summed E-state index contributed by atoms with van der Waals surface area (Å²) in [5, 5.41) is 14.2. The maximum Gasteiger partial charge on any atom is 0.181 e. The summed E-state index contributed by atoms with van der Waals surface area (Å²) in [6, 6.07) is 2.49. The van der Waals surface area contributed by atoms with Crippen LogP contribution in [0.4, 0.5) is 0 Å². The van der Waals surface area contributed by atoms with Crippen LogP contribution >= 0.6 is 11.8 Å². The molecule has 1 aliphatic rings. The maximum atomic E-state index is 9.53. The summed E-state index contributed by atoms with van der Waals surface area (Å²) in [5.41, 5.74) is 1.20. The summed E-state index contributed by atoms with van der Waals surface area (Å²) in [6.45, 7) is 2.87. The number of aromatic nitrogens is 4. The molecule has 0 spiro atoms. The van der Waals surface area contributed by atoms with Gasteiger partial charge in [-0.25, -0.2) is 15.0 Å². The van der Waals surface area contributed by atoms with E-state index in [9.17, 15) is 5.26 Å². The second-order valence-corrected chi connectivity index (χ2v) is 6.63. The van der Waals surface area contributed by atoms with Gasteiger partial charge in [0.15, 0.2) is 5.65 Å². The third-order valence-electron chi connectivity index (χ3n) is 3.90. The fourth-order valence-corrected chi connectivity index (χ4v) is 4.30. The smallest absolute Gasteiger partial charge is 0.181 e. The van der Waals surface area contributed by atoms with Crippen LogP contribution in [0, 0.1) is 11.3 Å². The number of thioether (sulfide) groups is 1. The van der Waals surface area contributed by atoms with E-state index in [0.29, 0.717) is 10.9 Å². The van der Waals surface area contributed by atoms with Crippen molar-refractivity contribution in [3.8, 4) is 6.07 Å². The fraction of sp³-hybridized carbons (Fsp3) is 0.571. The molecule has 0 aliphatic heterocycles. The second kappa shape index (κ2) is 6.00. The topological polar surface area (TPSA) is 90.3 Å². The molecule has 0 saturated heterocycles. The van der Waals surface area contributed by atoms with Gasteiger partial charge in [0.2, 0.25) is 0 Å². The van der Waals surface area contributed by atoms with Crippen molar-refractivity contribution in [2.75, 3.05) is 6.54 Å². The van der Waals surface area contributed by atoms with Crippen LogP contribution in [0.3, 0.4) is 0 Å². The van der Waals surface area contributed by atoms with Gasteiger partial charge in [-0.15, -0.1) is 11.8 Å². The number of fused-ring (bicyclic) bond motifs is 1. The first-order valence-corrected chi connectivity index (χ1v) is 8.11. The van der Waals surface area contributed by atoms with E-state index in [4.69, 9.17) is 0 Å². The van der Waals surface area contributed by atoms with Crippen molar-refractivity contribution < 1.29 is 0 Å². The van der Waals surface area contributed by atoms with Crippen molar-refractivity contribution >= 4 is 22.9 Å². The standard InChI is InChI=1S/C14H18N6S/c1-2-20-14(7-15)5-3-4-10(6-14)21-13-11-12(17-8-16-11)18-9-19-13/h8-10,20H,2-6H2,1H3,(H,16,17,18,19). The molecule has 0 amide bonds. The molecular weight excluding hydrogens is 284 g/mol. The number of rotatable bonds is 4. The first-order chi connectivity index (χ1) is 10.3. The van der Waals surface area contributed by atoms with Crippen molar-refractivity contribution in [2.45, 2.75) is 48.4 Å².